The van der Waals surface area contributed by atoms with Crippen molar-refractivity contribution in [3.63, 3.8) is 0 Å². The van der Waals surface area contributed by atoms with E-state index in [1.807, 2.05) is 11.9 Å². The van der Waals surface area contributed by atoms with Gasteiger partial charge in [-0.3, -0.25) is 14.5 Å². The molecule has 2 aliphatic heterocycles. The fourth-order valence-corrected chi connectivity index (χ4v) is 3.36. The van der Waals surface area contributed by atoms with Crippen LogP contribution in [0.25, 0.3) is 0 Å². The number of rotatable bonds is 5. The van der Waals surface area contributed by atoms with Crippen LogP contribution in [0.15, 0.2) is 4.63 Å². The van der Waals surface area contributed by atoms with Crippen molar-refractivity contribution in [2.45, 2.75) is 32.2 Å². The SMILES string of the molecule is Cc1nonc1CC(=O)N1CCN(C)[C@@H](C(=O)NCC2CCOCC2)C1. The van der Waals surface area contributed by atoms with E-state index in [2.05, 4.69) is 20.3 Å². The average molecular weight is 365 g/mol. The molecule has 2 saturated heterocycles. The molecule has 1 aromatic rings. The quantitative estimate of drug-likeness (QED) is 0.758. The van der Waals surface area contributed by atoms with Crippen molar-refractivity contribution in [1.29, 1.82) is 0 Å². The largest absolute Gasteiger partial charge is 0.381 e. The van der Waals surface area contributed by atoms with E-state index in [9.17, 15) is 9.59 Å². The Morgan fingerprint density at radius 3 is 2.69 bits per heavy atom. The van der Waals surface area contributed by atoms with E-state index < -0.39 is 0 Å². The number of amides is 2. The molecule has 0 aromatic carbocycles. The van der Waals surface area contributed by atoms with Crippen LogP contribution in [0.1, 0.15) is 24.2 Å². The zero-order valence-electron chi connectivity index (χ0n) is 15.4. The number of nitrogens with one attached hydrogen (secondary N) is 1. The van der Waals surface area contributed by atoms with E-state index >= 15 is 0 Å². The van der Waals surface area contributed by atoms with Gasteiger partial charge in [0.2, 0.25) is 11.8 Å². The number of carbonyl (C=O) groups excluding carboxylic acids is 2. The van der Waals surface area contributed by atoms with Gasteiger partial charge < -0.3 is 15.0 Å². The molecule has 0 spiro atoms. The molecule has 2 aliphatic rings. The second-order valence-corrected chi connectivity index (χ2v) is 7.11. The van der Waals surface area contributed by atoms with Crippen LogP contribution in [0.4, 0.5) is 0 Å². The minimum absolute atomic E-state index is 0.0178. The van der Waals surface area contributed by atoms with Gasteiger partial charge in [-0.2, -0.15) is 0 Å². The summed E-state index contributed by atoms with van der Waals surface area (Å²) >= 11 is 0. The minimum atomic E-state index is -0.330. The van der Waals surface area contributed by atoms with Gasteiger partial charge >= 0.3 is 0 Å². The number of aryl methyl sites for hydroxylation is 1. The third-order valence-electron chi connectivity index (χ3n) is 5.27. The standard InChI is InChI=1S/C17H27N5O4/c1-12-14(20-26-19-12)9-16(23)22-6-5-21(2)15(11-22)17(24)18-10-13-3-7-25-8-4-13/h13,15H,3-11H2,1-2H3,(H,18,24)/t15-/m1/s1. The molecule has 0 bridgehead atoms. The summed E-state index contributed by atoms with van der Waals surface area (Å²) in [7, 11) is 1.92. The third-order valence-corrected chi connectivity index (χ3v) is 5.27. The second-order valence-electron chi connectivity index (χ2n) is 7.11. The molecule has 3 heterocycles. The summed E-state index contributed by atoms with van der Waals surface area (Å²) in [5.41, 5.74) is 1.17. The van der Waals surface area contributed by atoms with E-state index in [0.717, 1.165) is 26.1 Å². The van der Waals surface area contributed by atoms with Gasteiger partial charge in [-0.1, -0.05) is 10.3 Å². The smallest absolute Gasteiger partial charge is 0.239 e. The summed E-state index contributed by atoms with van der Waals surface area (Å²) in [4.78, 5) is 28.9. The first kappa shape index (κ1) is 18.8. The lowest BCUT2D eigenvalue weighted by molar-refractivity contribution is -0.137. The fraction of sp³-hybridized carbons (Fsp3) is 0.765. The van der Waals surface area contributed by atoms with E-state index in [0.29, 0.717) is 43.5 Å². The van der Waals surface area contributed by atoms with E-state index in [-0.39, 0.29) is 24.3 Å². The lowest BCUT2D eigenvalue weighted by atomic mass is 10.0. The maximum Gasteiger partial charge on any atom is 0.239 e. The maximum atomic E-state index is 12.6. The van der Waals surface area contributed by atoms with Crippen molar-refractivity contribution in [3.05, 3.63) is 11.4 Å². The Bertz CT molecular complexity index is 628. The van der Waals surface area contributed by atoms with Crippen LogP contribution in [0.5, 0.6) is 0 Å². The van der Waals surface area contributed by atoms with Crippen molar-refractivity contribution in [2.24, 2.45) is 5.92 Å². The highest BCUT2D eigenvalue weighted by atomic mass is 16.6. The van der Waals surface area contributed by atoms with Gasteiger partial charge in [-0.15, -0.1) is 0 Å². The number of carbonyl (C=O) groups is 2. The van der Waals surface area contributed by atoms with Crippen molar-refractivity contribution in [1.82, 2.24) is 25.4 Å². The van der Waals surface area contributed by atoms with Crippen LogP contribution < -0.4 is 5.32 Å². The van der Waals surface area contributed by atoms with Gasteiger partial charge in [0.15, 0.2) is 0 Å². The lowest BCUT2D eigenvalue weighted by Crippen LogP contribution is -2.59. The maximum absolute atomic E-state index is 12.6. The first-order valence-electron chi connectivity index (χ1n) is 9.16. The number of nitrogens with zero attached hydrogens (tertiary/aromatic N) is 4. The predicted octanol–water partition coefficient (Wildman–Crippen LogP) is -0.394. The molecule has 0 saturated carbocycles. The molecule has 1 atom stereocenters. The third kappa shape index (κ3) is 4.59. The molecule has 2 fully saturated rings. The molecule has 9 nitrogen and oxygen atoms in total. The Morgan fingerprint density at radius 2 is 2.00 bits per heavy atom. The molecule has 26 heavy (non-hydrogen) atoms. The van der Waals surface area contributed by atoms with Crippen LogP contribution in [-0.2, 0) is 20.7 Å². The molecule has 144 valence electrons. The van der Waals surface area contributed by atoms with Gasteiger partial charge in [0.25, 0.3) is 0 Å². The monoisotopic (exact) mass is 365 g/mol. The normalized spacial score (nSPS) is 22.4. The lowest BCUT2D eigenvalue weighted by Gasteiger charge is -2.38. The summed E-state index contributed by atoms with van der Waals surface area (Å²) in [6, 6.07) is -0.330. The number of hydrogen-bond acceptors (Lipinski definition) is 7. The highest BCUT2D eigenvalue weighted by molar-refractivity contribution is 5.84. The van der Waals surface area contributed by atoms with Crippen LogP contribution in [0.3, 0.4) is 0 Å². The van der Waals surface area contributed by atoms with Gasteiger partial charge in [0, 0.05) is 39.4 Å². The summed E-state index contributed by atoms with van der Waals surface area (Å²) in [5.74, 6) is 0.400. The number of likely N-dealkylation sites (N-methyl/N-ethyl adjacent to an activating group) is 1. The summed E-state index contributed by atoms with van der Waals surface area (Å²) in [6.45, 7) is 5.62. The van der Waals surface area contributed by atoms with Crippen LogP contribution in [0, 0.1) is 12.8 Å². The van der Waals surface area contributed by atoms with Gasteiger partial charge in [0.1, 0.15) is 17.4 Å². The van der Waals surface area contributed by atoms with Gasteiger partial charge in [0.05, 0.1) is 6.42 Å². The topological polar surface area (TPSA) is 101 Å². The highest BCUT2D eigenvalue weighted by Crippen LogP contribution is 2.15. The Balaban J connectivity index is 1.52. The zero-order valence-corrected chi connectivity index (χ0v) is 15.4. The van der Waals surface area contributed by atoms with Crippen molar-refractivity contribution in [2.75, 3.05) is 46.4 Å². The van der Waals surface area contributed by atoms with E-state index in [4.69, 9.17) is 4.74 Å². The number of hydrogen-bond donors (Lipinski definition) is 1. The number of piperazine rings is 1. The van der Waals surface area contributed by atoms with Crippen molar-refractivity contribution < 1.29 is 19.0 Å². The molecule has 0 aliphatic carbocycles. The second kappa shape index (κ2) is 8.59. The van der Waals surface area contributed by atoms with E-state index in [1.165, 1.54) is 0 Å². The molecular formula is C17H27N5O4. The Labute approximate surface area is 153 Å². The van der Waals surface area contributed by atoms with Gasteiger partial charge in [-0.05, 0) is 32.7 Å². The first-order chi connectivity index (χ1) is 12.5. The molecule has 9 heteroatoms. The fourth-order valence-electron chi connectivity index (χ4n) is 3.36. The number of aromatic nitrogens is 2. The first-order valence-corrected chi connectivity index (χ1v) is 9.16. The van der Waals surface area contributed by atoms with Crippen LogP contribution >= 0.6 is 0 Å². The molecule has 0 radical (unpaired) electrons. The Morgan fingerprint density at radius 1 is 1.23 bits per heavy atom. The zero-order chi connectivity index (χ0) is 18.5. The molecule has 2 amide bonds. The van der Waals surface area contributed by atoms with Crippen molar-refractivity contribution in [3.8, 4) is 0 Å². The van der Waals surface area contributed by atoms with Crippen LogP contribution in [-0.4, -0.2) is 84.4 Å². The molecule has 1 N–H and O–H groups in total. The number of ether oxygens (including phenoxy) is 1. The molecular weight excluding hydrogens is 338 g/mol. The Kier molecular flexibility index (Phi) is 6.20. The molecule has 1 aromatic heterocycles. The van der Waals surface area contributed by atoms with Crippen molar-refractivity contribution >= 4 is 11.8 Å². The average Bonchev–Trinajstić information content (AvgIpc) is 3.05. The minimum Gasteiger partial charge on any atom is -0.381 e. The Hall–Kier alpha value is -2.00. The highest BCUT2D eigenvalue weighted by Gasteiger charge is 2.32. The summed E-state index contributed by atoms with van der Waals surface area (Å²) in [5, 5.41) is 10.5. The van der Waals surface area contributed by atoms with E-state index in [1.54, 1.807) is 11.8 Å². The van der Waals surface area contributed by atoms with Crippen LogP contribution in [0.2, 0.25) is 0 Å². The molecule has 0 unspecified atom stereocenters. The van der Waals surface area contributed by atoms with Gasteiger partial charge in [-0.25, -0.2) is 4.63 Å². The summed E-state index contributed by atoms with van der Waals surface area (Å²) < 4.78 is 10.00. The summed E-state index contributed by atoms with van der Waals surface area (Å²) in [6.07, 6.45) is 2.11. The molecule has 3 rings (SSSR count). The predicted molar refractivity (Wildman–Crippen MR) is 92.3 cm³/mol.